The van der Waals surface area contributed by atoms with Crippen molar-refractivity contribution in [2.24, 2.45) is 0 Å². The molecule has 2 aromatic rings. The number of carbonyl (C=O) groups excluding carboxylic acids is 1. The highest BCUT2D eigenvalue weighted by Crippen LogP contribution is 2.21. The molecule has 2 heterocycles. The number of hydrogen-bond donors (Lipinski definition) is 1. The molecule has 0 aliphatic heterocycles. The van der Waals surface area contributed by atoms with Crippen LogP contribution >= 0.6 is 0 Å². The number of nitrogens with one attached hydrogen (secondary N) is 1. The van der Waals surface area contributed by atoms with Gasteiger partial charge in [0, 0.05) is 25.5 Å². The van der Waals surface area contributed by atoms with E-state index in [4.69, 9.17) is 9.47 Å². The van der Waals surface area contributed by atoms with E-state index in [1.54, 1.807) is 36.5 Å². The lowest BCUT2D eigenvalue weighted by Crippen LogP contribution is -2.39. The predicted octanol–water partition coefficient (Wildman–Crippen LogP) is 1.97. The summed E-state index contributed by atoms with van der Waals surface area (Å²) in [6, 6.07) is 5.59. The van der Waals surface area contributed by atoms with E-state index in [9.17, 15) is 4.79 Å². The van der Waals surface area contributed by atoms with E-state index in [1.807, 2.05) is 12.1 Å². The van der Waals surface area contributed by atoms with Crippen LogP contribution in [-0.2, 0) is 9.47 Å². The monoisotopic (exact) mass is 344 g/mol. The standard InChI is InChI=1S/C18H24N4O3/c1-24-11-12-25-15-7-5-14(6-8-15)20-18(23)16-3-2-4-17(21-16)22-10-9-19-13-22/h2-4,9-10,13-15H,5-8,11-12H2,1H3,(H,20,23)/t14-,15-. The zero-order chi connectivity index (χ0) is 17.5. The Morgan fingerprint density at radius 1 is 1.28 bits per heavy atom. The van der Waals surface area contributed by atoms with Crippen molar-refractivity contribution in [1.29, 1.82) is 0 Å². The second-order valence-electron chi connectivity index (χ2n) is 6.16. The van der Waals surface area contributed by atoms with Gasteiger partial charge in [-0.05, 0) is 37.8 Å². The fourth-order valence-electron chi connectivity index (χ4n) is 3.02. The molecule has 0 aromatic carbocycles. The Balaban J connectivity index is 1.51. The summed E-state index contributed by atoms with van der Waals surface area (Å²) in [5, 5.41) is 3.09. The molecule has 7 heteroatoms. The summed E-state index contributed by atoms with van der Waals surface area (Å²) in [4.78, 5) is 20.9. The van der Waals surface area contributed by atoms with Gasteiger partial charge < -0.3 is 14.8 Å². The van der Waals surface area contributed by atoms with Crippen LogP contribution in [0.5, 0.6) is 0 Å². The van der Waals surface area contributed by atoms with Gasteiger partial charge in [-0.3, -0.25) is 9.36 Å². The molecule has 134 valence electrons. The van der Waals surface area contributed by atoms with Crippen molar-refractivity contribution in [2.45, 2.75) is 37.8 Å². The number of aromatic nitrogens is 3. The molecule has 0 unspecified atom stereocenters. The molecule has 25 heavy (non-hydrogen) atoms. The van der Waals surface area contributed by atoms with Crippen LogP contribution in [0.1, 0.15) is 36.2 Å². The van der Waals surface area contributed by atoms with Gasteiger partial charge >= 0.3 is 0 Å². The summed E-state index contributed by atoms with van der Waals surface area (Å²) >= 11 is 0. The van der Waals surface area contributed by atoms with Crippen molar-refractivity contribution in [3.63, 3.8) is 0 Å². The minimum absolute atomic E-state index is 0.134. The maximum absolute atomic E-state index is 12.5. The van der Waals surface area contributed by atoms with E-state index in [2.05, 4.69) is 15.3 Å². The average Bonchev–Trinajstić information content (AvgIpc) is 3.18. The highest BCUT2D eigenvalue weighted by Gasteiger charge is 2.23. The normalized spacial score (nSPS) is 20.4. The molecule has 1 amide bonds. The number of carbonyl (C=O) groups is 1. The molecule has 1 fully saturated rings. The molecule has 1 aliphatic rings. The average molecular weight is 344 g/mol. The number of methoxy groups -OCH3 is 1. The molecule has 0 saturated heterocycles. The van der Waals surface area contributed by atoms with Gasteiger partial charge in [-0.25, -0.2) is 9.97 Å². The highest BCUT2D eigenvalue weighted by atomic mass is 16.5. The molecular weight excluding hydrogens is 320 g/mol. The van der Waals surface area contributed by atoms with Crippen molar-refractivity contribution in [2.75, 3.05) is 20.3 Å². The van der Waals surface area contributed by atoms with Crippen LogP contribution in [0.15, 0.2) is 36.9 Å². The van der Waals surface area contributed by atoms with Crippen molar-refractivity contribution in [3.8, 4) is 5.82 Å². The maximum atomic E-state index is 12.5. The molecule has 3 rings (SSSR count). The third-order valence-electron chi connectivity index (χ3n) is 4.39. The SMILES string of the molecule is COCCO[C@H]1CC[C@H](NC(=O)c2cccc(-n3ccnc3)n2)CC1. The first kappa shape index (κ1) is 17.6. The zero-order valence-corrected chi connectivity index (χ0v) is 14.4. The number of imidazole rings is 1. The second-order valence-corrected chi connectivity index (χ2v) is 6.16. The van der Waals surface area contributed by atoms with E-state index in [-0.39, 0.29) is 18.1 Å². The molecule has 0 atom stereocenters. The molecular formula is C18H24N4O3. The molecule has 2 aromatic heterocycles. The summed E-state index contributed by atoms with van der Waals surface area (Å²) in [6.45, 7) is 1.25. The Labute approximate surface area is 147 Å². The predicted molar refractivity (Wildman–Crippen MR) is 92.7 cm³/mol. The third kappa shape index (κ3) is 4.87. The van der Waals surface area contributed by atoms with Gasteiger partial charge in [0.05, 0.1) is 19.3 Å². The largest absolute Gasteiger partial charge is 0.382 e. The van der Waals surface area contributed by atoms with Crippen LogP contribution < -0.4 is 5.32 Å². The van der Waals surface area contributed by atoms with Gasteiger partial charge in [0.1, 0.15) is 17.8 Å². The molecule has 0 spiro atoms. The zero-order valence-electron chi connectivity index (χ0n) is 14.4. The first-order valence-corrected chi connectivity index (χ1v) is 8.63. The first-order chi connectivity index (χ1) is 12.3. The molecule has 1 N–H and O–H groups in total. The Bertz CT molecular complexity index is 667. The van der Waals surface area contributed by atoms with Gasteiger partial charge in [0.2, 0.25) is 0 Å². The van der Waals surface area contributed by atoms with E-state index < -0.39 is 0 Å². The number of nitrogens with zero attached hydrogens (tertiary/aromatic N) is 3. The van der Waals surface area contributed by atoms with Gasteiger partial charge in [-0.1, -0.05) is 6.07 Å². The second kappa shape index (κ2) is 8.73. The fourth-order valence-corrected chi connectivity index (χ4v) is 3.02. The number of amides is 1. The van der Waals surface area contributed by atoms with Crippen molar-refractivity contribution < 1.29 is 14.3 Å². The lowest BCUT2D eigenvalue weighted by Gasteiger charge is -2.29. The topological polar surface area (TPSA) is 78.3 Å². The van der Waals surface area contributed by atoms with Crippen LogP contribution in [0.25, 0.3) is 5.82 Å². The van der Waals surface area contributed by atoms with Gasteiger partial charge in [0.25, 0.3) is 5.91 Å². The maximum Gasteiger partial charge on any atom is 0.270 e. The summed E-state index contributed by atoms with van der Waals surface area (Å²) < 4.78 is 12.5. The minimum Gasteiger partial charge on any atom is -0.382 e. The quantitative estimate of drug-likeness (QED) is 0.777. The number of hydrogen-bond acceptors (Lipinski definition) is 5. The Morgan fingerprint density at radius 3 is 2.84 bits per heavy atom. The summed E-state index contributed by atoms with van der Waals surface area (Å²) in [6.07, 6.45) is 9.17. The van der Waals surface area contributed by atoms with E-state index in [1.165, 1.54) is 0 Å². The van der Waals surface area contributed by atoms with Crippen LogP contribution in [-0.4, -0.2) is 52.9 Å². The van der Waals surface area contributed by atoms with Crippen LogP contribution in [0.3, 0.4) is 0 Å². The Morgan fingerprint density at radius 2 is 2.12 bits per heavy atom. The van der Waals surface area contributed by atoms with Crippen molar-refractivity contribution >= 4 is 5.91 Å². The minimum atomic E-state index is -0.134. The Hall–Kier alpha value is -2.25. The fraction of sp³-hybridized carbons (Fsp3) is 0.500. The first-order valence-electron chi connectivity index (χ1n) is 8.63. The van der Waals surface area contributed by atoms with E-state index >= 15 is 0 Å². The van der Waals surface area contributed by atoms with Crippen molar-refractivity contribution in [3.05, 3.63) is 42.6 Å². The lowest BCUT2D eigenvalue weighted by atomic mass is 9.93. The van der Waals surface area contributed by atoms with Gasteiger partial charge in [-0.15, -0.1) is 0 Å². The summed E-state index contributed by atoms with van der Waals surface area (Å²) in [5.74, 6) is 0.547. The highest BCUT2D eigenvalue weighted by molar-refractivity contribution is 5.92. The molecule has 0 radical (unpaired) electrons. The van der Waals surface area contributed by atoms with Crippen LogP contribution in [0, 0.1) is 0 Å². The molecule has 7 nitrogen and oxygen atoms in total. The molecule has 1 saturated carbocycles. The summed E-state index contributed by atoms with van der Waals surface area (Å²) in [7, 11) is 1.67. The number of pyridine rings is 1. The smallest absolute Gasteiger partial charge is 0.270 e. The lowest BCUT2D eigenvalue weighted by molar-refractivity contribution is -0.00409. The van der Waals surface area contributed by atoms with Gasteiger partial charge in [-0.2, -0.15) is 0 Å². The molecule has 0 bridgehead atoms. The third-order valence-corrected chi connectivity index (χ3v) is 4.39. The van der Waals surface area contributed by atoms with E-state index in [0.717, 1.165) is 25.7 Å². The number of rotatable bonds is 7. The summed E-state index contributed by atoms with van der Waals surface area (Å²) in [5.41, 5.74) is 0.421. The molecule has 1 aliphatic carbocycles. The Kier molecular flexibility index (Phi) is 6.14. The van der Waals surface area contributed by atoms with E-state index in [0.29, 0.717) is 24.7 Å². The van der Waals surface area contributed by atoms with Crippen molar-refractivity contribution in [1.82, 2.24) is 19.9 Å². The van der Waals surface area contributed by atoms with Gasteiger partial charge in [0.15, 0.2) is 0 Å². The van der Waals surface area contributed by atoms with Crippen LogP contribution in [0.4, 0.5) is 0 Å². The number of ether oxygens (including phenoxy) is 2. The van der Waals surface area contributed by atoms with Crippen LogP contribution in [0.2, 0.25) is 0 Å².